The van der Waals surface area contributed by atoms with E-state index in [0.29, 0.717) is 6.71 Å². The van der Waals surface area contributed by atoms with Crippen molar-refractivity contribution in [1.29, 1.82) is 0 Å². The first-order valence-corrected chi connectivity index (χ1v) is 50.4. The molecule has 0 N–H and O–H groups in total. The maximum Gasteiger partial charge on any atom is 0.248 e. The first-order chi connectivity index (χ1) is 64.6. The highest BCUT2D eigenvalue weighted by Crippen LogP contribution is 2.66. The molecule has 15 aromatic carbocycles. The lowest BCUT2D eigenvalue weighted by molar-refractivity contribution is 0.195. The Labute approximate surface area is 797 Å². The smallest absolute Gasteiger partial charge is 0.248 e. The van der Waals surface area contributed by atoms with Crippen molar-refractivity contribution in [3.8, 4) is 55.6 Å². The van der Waals surface area contributed by atoms with Crippen molar-refractivity contribution >= 4 is 138 Å². The minimum Gasteiger partial charge on any atom is -0.335 e. The lowest BCUT2D eigenvalue weighted by atomic mass is 9.37. The molecule has 0 aromatic heterocycles. The van der Waals surface area contributed by atoms with E-state index in [-0.39, 0.29) is 62.5 Å². The predicted molar refractivity (Wildman–Crippen MR) is 574 cm³/mol. The van der Waals surface area contributed by atoms with E-state index in [2.05, 4.69) is 450 Å². The summed E-state index contributed by atoms with van der Waals surface area (Å²) in [6, 6.07) is 123. The summed E-state index contributed by atoms with van der Waals surface area (Å²) in [6.45, 7) is 37.0. The van der Waals surface area contributed by atoms with Crippen LogP contribution in [0, 0.1) is 0 Å². The SMILES string of the molecule is CC(C)(C)c1ccc(-c2ccc3c(c2)N2c4c(ccc5c4B3c3ccc(C(C)(C)C)cc3-5)C3(C)CCCCC23C)cc1.CC(C)(C)c1ccc(-c2ccc3c(c2)N2c4c(ccc5c4B3c3ccc(N(c4ccccc4)c4ccccc4)cc3-5)C3(C)CCCCC23C)cc1.CC12CCCCC1(C)N1c3ccccc3B3c4ccc(N(c5ccccc5)c5ccccc5)cc4-c4ccc2c1c43. The summed E-state index contributed by atoms with van der Waals surface area (Å²) in [4.78, 5) is 13.3. The fourth-order valence-corrected chi connectivity index (χ4v) is 28.3. The zero-order valence-electron chi connectivity index (χ0n) is 81.1. The number of para-hydroxylation sites is 5. The van der Waals surface area contributed by atoms with Crippen LogP contribution in [0.2, 0.25) is 0 Å². The van der Waals surface area contributed by atoms with Gasteiger partial charge in [0.2, 0.25) is 20.1 Å². The number of hydrogen-bond donors (Lipinski definition) is 0. The molecule has 9 heterocycles. The summed E-state index contributed by atoms with van der Waals surface area (Å²) >= 11 is 0. The van der Waals surface area contributed by atoms with Gasteiger partial charge < -0.3 is 24.5 Å². The van der Waals surface area contributed by atoms with Gasteiger partial charge in [0.15, 0.2) is 0 Å². The monoisotopic (exact) mass is 1740 g/mol. The van der Waals surface area contributed by atoms with E-state index in [1.54, 1.807) is 22.2 Å². The average molecular weight is 1740 g/mol. The molecular formula is C126H122B3N5. The van der Waals surface area contributed by atoms with Crippen molar-refractivity contribution in [2.24, 2.45) is 0 Å². The van der Waals surface area contributed by atoms with Gasteiger partial charge in [-0.2, -0.15) is 0 Å². The van der Waals surface area contributed by atoms with Gasteiger partial charge in [0.05, 0.1) is 16.6 Å². The van der Waals surface area contributed by atoms with Gasteiger partial charge in [-0.1, -0.05) is 369 Å². The Balaban J connectivity index is 0.000000108. The highest BCUT2D eigenvalue weighted by molar-refractivity contribution is 7.03. The van der Waals surface area contributed by atoms with Crippen molar-refractivity contribution in [2.75, 3.05) is 24.5 Å². The van der Waals surface area contributed by atoms with Gasteiger partial charge in [0.25, 0.3) is 0 Å². The second kappa shape index (κ2) is 29.5. The molecule has 3 saturated carbocycles. The first-order valence-electron chi connectivity index (χ1n) is 50.4. The molecule has 3 aliphatic carbocycles. The summed E-state index contributed by atoms with van der Waals surface area (Å²) in [6.07, 6.45) is 15.3. The predicted octanol–water partition coefficient (Wildman–Crippen LogP) is 26.9. The molecule has 0 amide bonds. The van der Waals surface area contributed by atoms with Crippen LogP contribution in [0.3, 0.4) is 0 Å². The Bertz CT molecular complexity index is 7270. The zero-order chi connectivity index (χ0) is 91.4. The van der Waals surface area contributed by atoms with Gasteiger partial charge in [-0.15, -0.1) is 0 Å². The minimum atomic E-state index is 0.0223. The van der Waals surface area contributed by atoms with Gasteiger partial charge in [-0.3, -0.25) is 0 Å². The van der Waals surface area contributed by atoms with Crippen LogP contribution in [-0.2, 0) is 32.5 Å². The van der Waals surface area contributed by atoms with Gasteiger partial charge in [0, 0.05) is 84.5 Å². The molecule has 6 atom stereocenters. The Morgan fingerprint density at radius 1 is 0.231 bits per heavy atom. The van der Waals surface area contributed by atoms with Crippen LogP contribution in [0.25, 0.3) is 55.6 Å². The fraction of sp³-hybridized carbons (Fsp3) is 0.286. The van der Waals surface area contributed by atoms with Crippen molar-refractivity contribution in [3.05, 3.63) is 355 Å². The molecule has 6 unspecified atom stereocenters. The highest BCUT2D eigenvalue weighted by Gasteiger charge is 2.65. The maximum atomic E-state index is 2.84. The lowest BCUT2D eigenvalue weighted by Crippen LogP contribution is -2.60. The van der Waals surface area contributed by atoms with E-state index in [1.807, 2.05) is 0 Å². The second-order valence-electron chi connectivity index (χ2n) is 45.9. The molecule has 0 saturated heterocycles. The molecule has 12 aliphatic rings. The Kier molecular flexibility index (Phi) is 18.3. The van der Waals surface area contributed by atoms with E-state index < -0.39 is 0 Å². The molecule has 134 heavy (non-hydrogen) atoms. The van der Waals surface area contributed by atoms with Gasteiger partial charge in [0.1, 0.15) is 0 Å². The molecule has 660 valence electrons. The van der Waals surface area contributed by atoms with Gasteiger partial charge in [-0.25, -0.2) is 0 Å². The maximum absolute atomic E-state index is 2.84. The Morgan fingerprint density at radius 3 is 0.866 bits per heavy atom. The topological polar surface area (TPSA) is 16.2 Å². The van der Waals surface area contributed by atoms with Crippen molar-refractivity contribution in [1.82, 2.24) is 0 Å². The number of benzene rings is 15. The van der Waals surface area contributed by atoms with E-state index in [4.69, 9.17) is 0 Å². The average Bonchev–Trinajstić information content (AvgIpc) is 1.50. The van der Waals surface area contributed by atoms with Crippen LogP contribution in [0.1, 0.15) is 214 Å². The van der Waals surface area contributed by atoms with Crippen LogP contribution in [-0.4, -0.2) is 36.8 Å². The normalized spacial score (nSPS) is 22.2. The van der Waals surface area contributed by atoms with Gasteiger partial charge in [-0.05, 0) is 288 Å². The molecule has 8 heteroatoms. The number of nitrogens with zero attached hydrogens (tertiary/aromatic N) is 5. The third-order valence-electron chi connectivity index (χ3n) is 36.0. The number of anilines is 12. The molecule has 0 radical (unpaired) electrons. The summed E-state index contributed by atoms with van der Waals surface area (Å²) in [5.74, 6) is 0. The molecule has 0 spiro atoms. The van der Waals surface area contributed by atoms with Crippen molar-refractivity contribution in [3.63, 3.8) is 0 Å². The minimum absolute atomic E-state index is 0.0223. The van der Waals surface area contributed by atoms with Crippen LogP contribution in [0.5, 0.6) is 0 Å². The summed E-state index contributed by atoms with van der Waals surface area (Å²) in [7, 11) is 0. The third-order valence-corrected chi connectivity index (χ3v) is 36.0. The molecule has 27 rings (SSSR count). The molecule has 5 nitrogen and oxygen atoms in total. The largest absolute Gasteiger partial charge is 0.335 e. The summed E-state index contributed by atoms with van der Waals surface area (Å²) < 4.78 is 0. The van der Waals surface area contributed by atoms with Crippen molar-refractivity contribution < 1.29 is 0 Å². The quantitative estimate of drug-likeness (QED) is 0.141. The number of fused-ring (bicyclic) bond motifs is 27. The molecular weight excluding hydrogens is 1620 g/mol. The molecule has 9 aliphatic heterocycles. The fourth-order valence-electron chi connectivity index (χ4n) is 28.3. The first kappa shape index (κ1) is 83.3. The zero-order valence-corrected chi connectivity index (χ0v) is 81.1. The van der Waals surface area contributed by atoms with Crippen LogP contribution < -0.4 is 73.7 Å². The van der Waals surface area contributed by atoms with Crippen LogP contribution in [0.4, 0.5) is 68.2 Å². The molecule has 15 aromatic rings. The Hall–Kier alpha value is -12.5. The highest BCUT2D eigenvalue weighted by atomic mass is 15.3. The molecule has 0 bridgehead atoms. The molecule has 3 fully saturated rings. The van der Waals surface area contributed by atoms with E-state index in [9.17, 15) is 0 Å². The number of rotatable bonds is 8. The Morgan fingerprint density at radius 2 is 0.515 bits per heavy atom. The summed E-state index contributed by atoms with van der Waals surface area (Å²) in [5, 5.41) is 0. The van der Waals surface area contributed by atoms with E-state index in [0.717, 1.165) is 0 Å². The van der Waals surface area contributed by atoms with E-state index in [1.165, 1.54) is 261 Å². The van der Waals surface area contributed by atoms with E-state index >= 15 is 0 Å². The number of hydrogen-bond acceptors (Lipinski definition) is 5. The lowest BCUT2D eigenvalue weighted by Gasteiger charge is -2.51. The van der Waals surface area contributed by atoms with Crippen LogP contribution in [0.15, 0.2) is 322 Å². The third kappa shape index (κ3) is 11.7. The summed E-state index contributed by atoms with van der Waals surface area (Å²) in [5.41, 5.74) is 52.9. The van der Waals surface area contributed by atoms with Crippen LogP contribution >= 0.6 is 0 Å². The second-order valence-corrected chi connectivity index (χ2v) is 45.9. The van der Waals surface area contributed by atoms with Gasteiger partial charge >= 0.3 is 0 Å². The standard InChI is InChI=1S/C48H45BN2.C40H44BN.C38H33BN2/c1-46(2,3)34-21-18-32(19-22-34)33-20-26-42-43(30-33)51-45-40(47(4)28-12-13-29-48(47,51)5)25-24-38-39-31-37(23-27-41(39)49(42)44(38)45)50(35-14-8-6-9-15-35)36-16-10-7-11-17-36;1-37(2,3)27-14-11-25(12-15-27)26-13-19-33-34(23-26)42-36-31(39(7)21-9-10-22-40(39,42)8)18-17-29-30-24-28(38(4,5)6)16-20-32(30)41(33)35(29)36;1-37-23-11-12-24-38(37,2)41-34-18-10-9-17-33(34)39-32-22-19-28(25-30(32)29-20-21-31(37)36(41)35(29)39)40(26-13-5-3-6-14-26)27-15-7-4-8-16-27/h6-11,14-27,30-31H,12-13,28-29H2,1-5H3;11-20,23-24H,9-10,21-22H2,1-8H3;3-10,13-22,25H,11-12,23-24H2,1-2H3. The van der Waals surface area contributed by atoms with Crippen molar-refractivity contribution in [2.45, 2.75) is 230 Å².